The summed E-state index contributed by atoms with van der Waals surface area (Å²) in [6.45, 7) is 4.87. The van der Waals surface area contributed by atoms with Crippen LogP contribution in [0.3, 0.4) is 0 Å². The van der Waals surface area contributed by atoms with E-state index in [4.69, 9.17) is 0 Å². The third kappa shape index (κ3) is 3.88. The monoisotopic (exact) mass is 376 g/mol. The molecular formula is C19H21FN2O3S. The molecule has 1 heterocycles. The van der Waals surface area contributed by atoms with E-state index in [9.17, 15) is 17.6 Å². The van der Waals surface area contributed by atoms with Gasteiger partial charge in [-0.15, -0.1) is 0 Å². The third-order valence-electron chi connectivity index (χ3n) is 4.40. The molecule has 7 heteroatoms. The Bertz CT molecular complexity index is 924. The maximum atomic E-state index is 13.0. The predicted octanol–water partition coefficient (Wildman–Crippen LogP) is 3.17. The molecule has 0 spiro atoms. The number of anilines is 1. The zero-order valence-corrected chi connectivity index (χ0v) is 15.5. The number of sulfonamides is 1. The van der Waals surface area contributed by atoms with Crippen LogP contribution in [0.1, 0.15) is 25.0 Å². The molecule has 0 aliphatic carbocycles. The number of amides is 1. The molecule has 1 amide bonds. The summed E-state index contributed by atoms with van der Waals surface area (Å²) in [6, 6.07) is 10.0. The van der Waals surface area contributed by atoms with Crippen LogP contribution in [0.2, 0.25) is 0 Å². The molecule has 5 nitrogen and oxygen atoms in total. The van der Waals surface area contributed by atoms with Gasteiger partial charge in [-0.05, 0) is 53.9 Å². The summed E-state index contributed by atoms with van der Waals surface area (Å²) in [5.74, 6) is -0.475. The van der Waals surface area contributed by atoms with Crippen LogP contribution in [-0.2, 0) is 27.8 Å². The number of carbonyl (C=O) groups excluding carboxylic acids is 1. The van der Waals surface area contributed by atoms with Crippen LogP contribution in [0, 0.1) is 11.7 Å². The van der Waals surface area contributed by atoms with E-state index < -0.39 is 15.8 Å². The average Bonchev–Trinajstić information content (AvgIpc) is 2.60. The number of nitrogens with one attached hydrogen (secondary N) is 1. The fourth-order valence-electron chi connectivity index (χ4n) is 3.00. The number of nitrogens with zero attached hydrogens (tertiary/aromatic N) is 1. The van der Waals surface area contributed by atoms with Gasteiger partial charge >= 0.3 is 0 Å². The number of carbonyl (C=O) groups is 1. The second kappa shape index (κ2) is 7.07. The van der Waals surface area contributed by atoms with Crippen LogP contribution < -0.4 is 4.72 Å². The van der Waals surface area contributed by atoms with E-state index in [-0.39, 0.29) is 16.7 Å². The van der Waals surface area contributed by atoms with Crippen molar-refractivity contribution < 1.29 is 17.6 Å². The zero-order chi connectivity index (χ0) is 18.9. The average molecular weight is 376 g/mol. The van der Waals surface area contributed by atoms with Gasteiger partial charge in [0, 0.05) is 24.7 Å². The van der Waals surface area contributed by atoms with E-state index in [1.807, 2.05) is 19.9 Å². The summed E-state index contributed by atoms with van der Waals surface area (Å²) in [7, 11) is -3.80. The van der Waals surface area contributed by atoms with Gasteiger partial charge in [-0.1, -0.05) is 19.9 Å². The lowest BCUT2D eigenvalue weighted by atomic mass is 9.98. The molecule has 2 aromatic carbocycles. The predicted molar refractivity (Wildman–Crippen MR) is 97.6 cm³/mol. The lowest BCUT2D eigenvalue weighted by Gasteiger charge is -2.30. The van der Waals surface area contributed by atoms with E-state index in [1.165, 1.54) is 12.1 Å². The summed E-state index contributed by atoms with van der Waals surface area (Å²) in [5, 5.41) is 0. The summed E-state index contributed by atoms with van der Waals surface area (Å²) >= 11 is 0. The molecular weight excluding hydrogens is 355 g/mol. The van der Waals surface area contributed by atoms with Crippen molar-refractivity contribution >= 4 is 21.6 Å². The van der Waals surface area contributed by atoms with Crippen molar-refractivity contribution in [2.75, 3.05) is 11.3 Å². The number of halogens is 1. The molecule has 0 atom stereocenters. The van der Waals surface area contributed by atoms with Crippen LogP contribution in [0.4, 0.5) is 10.1 Å². The van der Waals surface area contributed by atoms with E-state index in [2.05, 4.69) is 4.72 Å². The molecule has 0 radical (unpaired) electrons. The van der Waals surface area contributed by atoms with Crippen molar-refractivity contribution in [3.63, 3.8) is 0 Å². The summed E-state index contributed by atoms with van der Waals surface area (Å²) in [5.41, 5.74) is 2.47. The fraction of sp³-hybridized carbons (Fsp3) is 0.316. The zero-order valence-electron chi connectivity index (χ0n) is 14.7. The Labute approximate surface area is 152 Å². The third-order valence-corrected chi connectivity index (χ3v) is 5.80. The topological polar surface area (TPSA) is 66.5 Å². The van der Waals surface area contributed by atoms with Crippen LogP contribution in [0.15, 0.2) is 47.4 Å². The smallest absolute Gasteiger partial charge is 0.261 e. The molecule has 26 heavy (non-hydrogen) atoms. The highest BCUT2D eigenvalue weighted by atomic mass is 32.2. The molecule has 0 bridgehead atoms. The second-order valence-electron chi connectivity index (χ2n) is 6.71. The molecule has 138 valence electrons. The van der Waals surface area contributed by atoms with Crippen molar-refractivity contribution in [3.05, 3.63) is 59.4 Å². The van der Waals surface area contributed by atoms with Gasteiger partial charge in [-0.2, -0.15) is 0 Å². The van der Waals surface area contributed by atoms with E-state index in [0.29, 0.717) is 18.8 Å². The van der Waals surface area contributed by atoms with E-state index in [1.54, 1.807) is 17.0 Å². The van der Waals surface area contributed by atoms with Crippen LogP contribution in [0.5, 0.6) is 0 Å². The van der Waals surface area contributed by atoms with Crippen molar-refractivity contribution in [3.8, 4) is 0 Å². The first-order valence-electron chi connectivity index (χ1n) is 8.45. The quantitative estimate of drug-likeness (QED) is 0.891. The highest BCUT2D eigenvalue weighted by molar-refractivity contribution is 7.92. The standard InChI is InChI=1S/C19H21FN2O3S/c1-13(2)19(23)22-10-9-14-3-6-17(11-15(14)12-22)21-26(24,25)18-7-4-16(20)5-8-18/h3-8,11,13,21H,9-10,12H2,1-2H3. The molecule has 0 fully saturated rings. The first-order valence-corrected chi connectivity index (χ1v) is 9.93. The Kier molecular flexibility index (Phi) is 5.00. The Morgan fingerprint density at radius 1 is 1.12 bits per heavy atom. The molecule has 0 aromatic heterocycles. The van der Waals surface area contributed by atoms with Crippen molar-refractivity contribution in [1.29, 1.82) is 0 Å². The van der Waals surface area contributed by atoms with Gasteiger partial charge in [0.2, 0.25) is 5.91 Å². The molecule has 0 saturated carbocycles. The van der Waals surface area contributed by atoms with E-state index in [0.717, 1.165) is 29.7 Å². The molecule has 0 unspecified atom stereocenters. The van der Waals surface area contributed by atoms with Crippen LogP contribution >= 0.6 is 0 Å². The van der Waals surface area contributed by atoms with Gasteiger partial charge in [0.1, 0.15) is 5.82 Å². The molecule has 2 aromatic rings. The molecule has 3 rings (SSSR count). The Morgan fingerprint density at radius 2 is 1.81 bits per heavy atom. The molecule has 1 aliphatic rings. The Morgan fingerprint density at radius 3 is 2.46 bits per heavy atom. The van der Waals surface area contributed by atoms with Crippen LogP contribution in [0.25, 0.3) is 0 Å². The van der Waals surface area contributed by atoms with E-state index >= 15 is 0 Å². The number of benzene rings is 2. The number of hydrogen-bond donors (Lipinski definition) is 1. The van der Waals surface area contributed by atoms with Gasteiger partial charge in [0.15, 0.2) is 0 Å². The van der Waals surface area contributed by atoms with Gasteiger partial charge in [-0.25, -0.2) is 12.8 Å². The maximum Gasteiger partial charge on any atom is 0.261 e. The van der Waals surface area contributed by atoms with Gasteiger partial charge in [0.05, 0.1) is 4.90 Å². The lowest BCUT2D eigenvalue weighted by molar-refractivity contribution is -0.135. The summed E-state index contributed by atoms with van der Waals surface area (Å²) < 4.78 is 40.4. The number of fused-ring (bicyclic) bond motifs is 1. The first kappa shape index (κ1) is 18.4. The van der Waals surface area contributed by atoms with Gasteiger partial charge in [-0.3, -0.25) is 9.52 Å². The minimum atomic E-state index is -3.80. The Hall–Kier alpha value is -2.41. The number of hydrogen-bond acceptors (Lipinski definition) is 3. The van der Waals surface area contributed by atoms with Crippen molar-refractivity contribution in [1.82, 2.24) is 4.90 Å². The molecule has 1 N–H and O–H groups in total. The van der Waals surface area contributed by atoms with Gasteiger partial charge < -0.3 is 4.90 Å². The number of rotatable bonds is 4. The highest BCUT2D eigenvalue weighted by Gasteiger charge is 2.23. The summed E-state index contributed by atoms with van der Waals surface area (Å²) in [6.07, 6.45) is 0.749. The lowest BCUT2D eigenvalue weighted by Crippen LogP contribution is -2.38. The maximum absolute atomic E-state index is 13.0. The summed E-state index contributed by atoms with van der Waals surface area (Å²) in [4.78, 5) is 14.0. The van der Waals surface area contributed by atoms with Gasteiger partial charge in [0.25, 0.3) is 10.0 Å². The highest BCUT2D eigenvalue weighted by Crippen LogP contribution is 2.25. The SMILES string of the molecule is CC(C)C(=O)N1CCc2ccc(NS(=O)(=O)c3ccc(F)cc3)cc2C1. The molecule has 1 aliphatic heterocycles. The normalized spacial score (nSPS) is 14.2. The Balaban J connectivity index is 1.82. The minimum Gasteiger partial charge on any atom is -0.338 e. The van der Waals surface area contributed by atoms with Crippen molar-refractivity contribution in [2.24, 2.45) is 5.92 Å². The fourth-order valence-corrected chi connectivity index (χ4v) is 4.05. The first-order chi connectivity index (χ1) is 12.3. The van der Waals surface area contributed by atoms with Crippen molar-refractivity contribution in [2.45, 2.75) is 31.7 Å². The largest absolute Gasteiger partial charge is 0.338 e. The van der Waals surface area contributed by atoms with Crippen LogP contribution in [-0.4, -0.2) is 25.8 Å². The molecule has 0 saturated heterocycles. The minimum absolute atomic E-state index is 0.00627. The second-order valence-corrected chi connectivity index (χ2v) is 8.39.